The summed E-state index contributed by atoms with van der Waals surface area (Å²) in [6.45, 7) is 1.89. The number of esters is 2. The van der Waals surface area contributed by atoms with Gasteiger partial charge in [0.2, 0.25) is 0 Å². The van der Waals surface area contributed by atoms with Crippen LogP contribution in [-0.4, -0.2) is 31.1 Å². The second-order valence-corrected chi connectivity index (χ2v) is 5.69. The quantitative estimate of drug-likeness (QED) is 0.545. The van der Waals surface area contributed by atoms with Gasteiger partial charge in [0.25, 0.3) is 0 Å². The molecule has 1 aromatic heterocycles. The highest BCUT2D eigenvalue weighted by Gasteiger charge is 2.16. The lowest BCUT2D eigenvalue weighted by Gasteiger charge is -2.02. The molecule has 0 aromatic carbocycles. The number of rotatable bonds is 8. The SMILES string of the molecule is COC(=O)CCCCCCc1nc(C)sc1C(=O)OC. The smallest absolute Gasteiger partial charge is 0.349 e. The molecule has 5 nitrogen and oxygen atoms in total. The standard InChI is InChI=1S/C14H21NO4S/c1-10-15-11(13(20-10)14(17)19-3)8-6-4-5-7-9-12(16)18-2/h4-9H2,1-3H3. The first-order chi connectivity index (χ1) is 9.58. The molecule has 0 N–H and O–H groups in total. The zero-order chi connectivity index (χ0) is 15.0. The molecule has 0 saturated heterocycles. The summed E-state index contributed by atoms with van der Waals surface area (Å²) in [6.07, 6.45) is 5.02. The van der Waals surface area contributed by atoms with E-state index in [1.165, 1.54) is 25.6 Å². The number of hydrogen-bond acceptors (Lipinski definition) is 6. The Labute approximate surface area is 123 Å². The highest BCUT2D eigenvalue weighted by atomic mass is 32.1. The molecule has 1 aromatic rings. The van der Waals surface area contributed by atoms with Crippen molar-refractivity contribution in [1.82, 2.24) is 4.98 Å². The first kappa shape index (κ1) is 16.6. The predicted octanol–water partition coefficient (Wildman–Crippen LogP) is 2.90. The summed E-state index contributed by atoms with van der Waals surface area (Å²) in [5.41, 5.74) is 0.826. The number of unbranched alkanes of at least 4 members (excludes halogenated alkanes) is 3. The van der Waals surface area contributed by atoms with Gasteiger partial charge in [-0.2, -0.15) is 0 Å². The number of methoxy groups -OCH3 is 2. The number of hydrogen-bond donors (Lipinski definition) is 0. The fourth-order valence-electron chi connectivity index (χ4n) is 1.91. The van der Waals surface area contributed by atoms with E-state index in [1.807, 2.05) is 6.92 Å². The molecule has 0 unspecified atom stereocenters. The Morgan fingerprint density at radius 1 is 1.10 bits per heavy atom. The largest absolute Gasteiger partial charge is 0.469 e. The van der Waals surface area contributed by atoms with E-state index in [-0.39, 0.29) is 11.9 Å². The minimum Gasteiger partial charge on any atom is -0.469 e. The molecule has 0 radical (unpaired) electrons. The maximum absolute atomic E-state index is 11.6. The highest BCUT2D eigenvalue weighted by Crippen LogP contribution is 2.21. The van der Waals surface area contributed by atoms with Crippen LogP contribution in [0.2, 0.25) is 0 Å². The minimum atomic E-state index is -0.309. The molecule has 0 spiro atoms. The normalized spacial score (nSPS) is 10.3. The summed E-state index contributed by atoms with van der Waals surface area (Å²) in [4.78, 5) is 27.5. The Morgan fingerprint density at radius 2 is 1.80 bits per heavy atom. The minimum absolute atomic E-state index is 0.159. The molecule has 0 aliphatic carbocycles. The Balaban J connectivity index is 2.32. The molecule has 0 aliphatic heterocycles. The van der Waals surface area contributed by atoms with Gasteiger partial charge in [-0.05, 0) is 26.2 Å². The van der Waals surface area contributed by atoms with Crippen molar-refractivity contribution in [3.63, 3.8) is 0 Å². The van der Waals surface area contributed by atoms with E-state index in [4.69, 9.17) is 4.74 Å². The van der Waals surface area contributed by atoms with Gasteiger partial charge in [-0.15, -0.1) is 11.3 Å². The number of aryl methyl sites for hydroxylation is 2. The third-order valence-corrected chi connectivity index (χ3v) is 3.94. The van der Waals surface area contributed by atoms with Crippen LogP contribution in [-0.2, 0) is 20.7 Å². The molecule has 0 saturated carbocycles. The van der Waals surface area contributed by atoms with Crippen molar-refractivity contribution in [3.8, 4) is 0 Å². The first-order valence-electron chi connectivity index (χ1n) is 6.70. The van der Waals surface area contributed by atoms with Crippen molar-refractivity contribution < 1.29 is 19.1 Å². The van der Waals surface area contributed by atoms with E-state index in [2.05, 4.69) is 9.72 Å². The summed E-state index contributed by atoms with van der Waals surface area (Å²) in [5, 5.41) is 0.881. The Hall–Kier alpha value is -1.43. The van der Waals surface area contributed by atoms with Crippen LogP contribution in [0, 0.1) is 6.92 Å². The first-order valence-corrected chi connectivity index (χ1v) is 7.51. The Morgan fingerprint density at radius 3 is 2.45 bits per heavy atom. The van der Waals surface area contributed by atoms with Crippen LogP contribution in [0.4, 0.5) is 0 Å². The van der Waals surface area contributed by atoms with Gasteiger partial charge in [0.15, 0.2) is 0 Å². The van der Waals surface area contributed by atoms with Crippen molar-refractivity contribution in [1.29, 1.82) is 0 Å². The van der Waals surface area contributed by atoms with Crippen LogP contribution in [0.1, 0.15) is 52.5 Å². The van der Waals surface area contributed by atoms with Gasteiger partial charge in [0, 0.05) is 6.42 Å². The van der Waals surface area contributed by atoms with Gasteiger partial charge in [0.05, 0.1) is 24.9 Å². The summed E-state index contributed by atoms with van der Waals surface area (Å²) in [6, 6.07) is 0. The second-order valence-electron chi connectivity index (χ2n) is 4.49. The van der Waals surface area contributed by atoms with Gasteiger partial charge < -0.3 is 9.47 Å². The zero-order valence-corrected chi connectivity index (χ0v) is 13.0. The average Bonchev–Trinajstić information content (AvgIpc) is 2.82. The van der Waals surface area contributed by atoms with E-state index in [0.29, 0.717) is 11.3 Å². The molecule has 0 amide bonds. The third-order valence-electron chi connectivity index (χ3n) is 2.95. The maximum atomic E-state index is 11.6. The fraction of sp³-hybridized carbons (Fsp3) is 0.643. The highest BCUT2D eigenvalue weighted by molar-refractivity contribution is 7.13. The molecule has 1 heterocycles. The lowest BCUT2D eigenvalue weighted by atomic mass is 10.1. The molecule has 6 heteroatoms. The molecule has 1 rings (SSSR count). The molecular weight excluding hydrogens is 278 g/mol. The Kier molecular flexibility index (Phi) is 7.22. The lowest BCUT2D eigenvalue weighted by molar-refractivity contribution is -0.140. The van der Waals surface area contributed by atoms with Crippen LogP contribution in [0.5, 0.6) is 0 Å². The molecule has 20 heavy (non-hydrogen) atoms. The van der Waals surface area contributed by atoms with Crippen LogP contribution in [0.25, 0.3) is 0 Å². The van der Waals surface area contributed by atoms with E-state index >= 15 is 0 Å². The van der Waals surface area contributed by atoms with Crippen molar-refractivity contribution >= 4 is 23.3 Å². The Bertz CT molecular complexity index is 456. The number of nitrogens with zero attached hydrogens (tertiary/aromatic N) is 1. The van der Waals surface area contributed by atoms with Crippen LogP contribution < -0.4 is 0 Å². The summed E-state index contributed by atoms with van der Waals surface area (Å²) >= 11 is 1.38. The van der Waals surface area contributed by atoms with E-state index in [9.17, 15) is 9.59 Å². The monoisotopic (exact) mass is 299 g/mol. The van der Waals surface area contributed by atoms with E-state index in [1.54, 1.807) is 0 Å². The lowest BCUT2D eigenvalue weighted by Crippen LogP contribution is -2.03. The maximum Gasteiger partial charge on any atom is 0.349 e. The zero-order valence-electron chi connectivity index (χ0n) is 12.2. The van der Waals surface area contributed by atoms with Gasteiger partial charge >= 0.3 is 11.9 Å². The van der Waals surface area contributed by atoms with E-state index in [0.717, 1.165) is 42.8 Å². The van der Waals surface area contributed by atoms with Crippen molar-refractivity contribution in [3.05, 3.63) is 15.6 Å². The summed E-state index contributed by atoms with van der Waals surface area (Å²) in [7, 11) is 2.79. The number of ether oxygens (including phenoxy) is 2. The number of carbonyl (C=O) groups is 2. The van der Waals surface area contributed by atoms with Crippen LogP contribution >= 0.6 is 11.3 Å². The molecular formula is C14H21NO4S. The van der Waals surface area contributed by atoms with Crippen LogP contribution in [0.3, 0.4) is 0 Å². The fourth-order valence-corrected chi connectivity index (χ4v) is 2.79. The third kappa shape index (κ3) is 5.28. The number of aromatic nitrogens is 1. The molecule has 112 valence electrons. The molecule has 0 bridgehead atoms. The second kappa shape index (κ2) is 8.68. The van der Waals surface area contributed by atoms with Gasteiger partial charge in [0.1, 0.15) is 4.88 Å². The molecule has 0 fully saturated rings. The average molecular weight is 299 g/mol. The van der Waals surface area contributed by atoms with Gasteiger partial charge in [-0.25, -0.2) is 9.78 Å². The van der Waals surface area contributed by atoms with Crippen molar-refractivity contribution in [2.24, 2.45) is 0 Å². The number of carbonyl (C=O) groups excluding carboxylic acids is 2. The summed E-state index contributed by atoms with van der Waals surface area (Å²) < 4.78 is 9.34. The summed E-state index contributed by atoms with van der Waals surface area (Å²) in [5.74, 6) is -0.468. The van der Waals surface area contributed by atoms with Gasteiger partial charge in [-0.3, -0.25) is 4.79 Å². The van der Waals surface area contributed by atoms with Gasteiger partial charge in [-0.1, -0.05) is 12.8 Å². The van der Waals surface area contributed by atoms with Crippen molar-refractivity contribution in [2.45, 2.75) is 45.4 Å². The van der Waals surface area contributed by atoms with Crippen molar-refractivity contribution in [2.75, 3.05) is 14.2 Å². The van der Waals surface area contributed by atoms with E-state index < -0.39 is 0 Å². The van der Waals surface area contributed by atoms with Crippen LogP contribution in [0.15, 0.2) is 0 Å². The predicted molar refractivity (Wildman–Crippen MR) is 77.0 cm³/mol. The molecule has 0 aliphatic rings. The number of thiazole rings is 1. The topological polar surface area (TPSA) is 65.5 Å². The molecule has 0 atom stereocenters.